The molecule has 0 radical (unpaired) electrons. The van der Waals surface area contributed by atoms with E-state index in [9.17, 15) is 19.5 Å². The number of rotatable bonds is 5. The quantitative estimate of drug-likeness (QED) is 0.472. The SMILES string of the molecule is CC[C@H](C)[C@H](CO)N1C(=O)[C@@H]2[C@@H]3C(=O)OCCC=C[C@]3(C)O[C@@]23C=CCN(c2c(C)cccc2C)C(=O)C13. The summed E-state index contributed by atoms with van der Waals surface area (Å²) in [4.78, 5) is 45.8. The summed E-state index contributed by atoms with van der Waals surface area (Å²) in [7, 11) is 0. The lowest BCUT2D eigenvalue weighted by atomic mass is 9.74. The van der Waals surface area contributed by atoms with E-state index in [-0.39, 0.29) is 30.9 Å². The summed E-state index contributed by atoms with van der Waals surface area (Å²) in [5.74, 6) is -3.07. The van der Waals surface area contributed by atoms with Gasteiger partial charge < -0.3 is 24.4 Å². The van der Waals surface area contributed by atoms with E-state index in [1.54, 1.807) is 11.8 Å². The van der Waals surface area contributed by atoms with E-state index in [4.69, 9.17) is 9.47 Å². The molecule has 0 aliphatic carbocycles. The van der Waals surface area contributed by atoms with Crippen LogP contribution in [-0.2, 0) is 23.9 Å². The zero-order valence-corrected chi connectivity index (χ0v) is 22.8. The van der Waals surface area contributed by atoms with E-state index in [1.165, 1.54) is 4.90 Å². The van der Waals surface area contributed by atoms with Gasteiger partial charge >= 0.3 is 5.97 Å². The minimum atomic E-state index is -1.38. The number of esters is 1. The van der Waals surface area contributed by atoms with Gasteiger partial charge in [0.1, 0.15) is 17.6 Å². The second-order valence-corrected chi connectivity index (χ2v) is 11.3. The zero-order valence-electron chi connectivity index (χ0n) is 22.8. The summed E-state index contributed by atoms with van der Waals surface area (Å²) in [5.41, 5.74) is 0.194. The van der Waals surface area contributed by atoms with E-state index < -0.39 is 41.1 Å². The molecule has 0 saturated carbocycles. The van der Waals surface area contributed by atoms with Gasteiger partial charge in [0.05, 0.1) is 30.8 Å². The number of aliphatic hydroxyl groups is 1. The van der Waals surface area contributed by atoms with Crippen LogP contribution in [0.2, 0.25) is 0 Å². The standard InChI is InChI=1S/C30H38N2O6/c1-6-18(2)21(17-33)32-25-27(35)31(24-19(3)11-9-12-20(24)4)15-10-14-30(25)22(26(32)34)23-28(36)37-16-8-7-13-29(23,5)38-30/h7,9-14,18,21-23,25,33H,6,8,15-17H2,1-5H3/t18-,21-,22-,23+,25?,29-,30-/m0/s1. The molecular weight excluding hydrogens is 484 g/mol. The van der Waals surface area contributed by atoms with Crippen LogP contribution < -0.4 is 4.90 Å². The molecule has 0 bridgehead atoms. The van der Waals surface area contributed by atoms with E-state index in [2.05, 4.69) is 0 Å². The molecule has 0 aromatic heterocycles. The smallest absolute Gasteiger partial charge is 0.313 e. The topological polar surface area (TPSA) is 96.4 Å². The molecule has 7 atom stereocenters. The number of benzene rings is 1. The first-order chi connectivity index (χ1) is 18.1. The summed E-state index contributed by atoms with van der Waals surface area (Å²) in [6.07, 6.45) is 8.72. The Morgan fingerprint density at radius 1 is 1.08 bits per heavy atom. The fourth-order valence-corrected chi connectivity index (χ4v) is 7.03. The normalized spacial score (nSPS) is 34.2. The minimum Gasteiger partial charge on any atom is -0.465 e. The first-order valence-corrected chi connectivity index (χ1v) is 13.6. The summed E-state index contributed by atoms with van der Waals surface area (Å²) >= 11 is 0. The van der Waals surface area contributed by atoms with Crippen molar-refractivity contribution in [3.63, 3.8) is 0 Å². The number of ether oxygens (including phenoxy) is 2. The van der Waals surface area contributed by atoms with Gasteiger partial charge in [-0.05, 0) is 44.2 Å². The number of aliphatic hydroxyl groups excluding tert-OH is 1. The summed E-state index contributed by atoms with van der Waals surface area (Å²) < 4.78 is 12.4. The van der Waals surface area contributed by atoms with Crippen LogP contribution in [0.25, 0.3) is 0 Å². The highest BCUT2D eigenvalue weighted by Gasteiger charge is 2.75. The van der Waals surface area contributed by atoms with Gasteiger partial charge in [-0.1, -0.05) is 62.8 Å². The lowest BCUT2D eigenvalue weighted by molar-refractivity contribution is -0.160. The number of para-hydroxylation sites is 1. The van der Waals surface area contributed by atoms with Crippen molar-refractivity contribution in [1.82, 2.24) is 4.90 Å². The predicted molar refractivity (Wildman–Crippen MR) is 142 cm³/mol. The monoisotopic (exact) mass is 522 g/mol. The zero-order chi connectivity index (χ0) is 27.4. The summed E-state index contributed by atoms with van der Waals surface area (Å²) in [5, 5.41) is 10.5. The van der Waals surface area contributed by atoms with Crippen LogP contribution >= 0.6 is 0 Å². The summed E-state index contributed by atoms with van der Waals surface area (Å²) in [6, 6.07) is 4.23. The van der Waals surface area contributed by atoms with Gasteiger partial charge in [0.15, 0.2) is 0 Å². The molecule has 2 amide bonds. The average Bonchev–Trinajstić information content (AvgIpc) is 3.19. The Balaban J connectivity index is 1.72. The predicted octanol–water partition coefficient (Wildman–Crippen LogP) is 3.09. The first kappa shape index (κ1) is 26.6. The fraction of sp³-hybridized carbons (Fsp3) is 0.567. The molecule has 1 spiro atoms. The van der Waals surface area contributed by atoms with Crippen molar-refractivity contribution in [2.45, 2.75) is 70.7 Å². The van der Waals surface area contributed by atoms with Crippen molar-refractivity contribution in [1.29, 1.82) is 0 Å². The van der Waals surface area contributed by atoms with Gasteiger partial charge in [0.25, 0.3) is 5.91 Å². The number of likely N-dealkylation sites (tertiary alicyclic amines) is 1. The molecule has 4 aliphatic heterocycles. The average molecular weight is 523 g/mol. The lowest BCUT2D eigenvalue weighted by Gasteiger charge is -2.42. The van der Waals surface area contributed by atoms with Crippen molar-refractivity contribution in [3.05, 3.63) is 53.6 Å². The van der Waals surface area contributed by atoms with Gasteiger partial charge in [-0.25, -0.2) is 0 Å². The Bertz CT molecular complexity index is 1190. The van der Waals surface area contributed by atoms with E-state index in [1.807, 2.05) is 70.2 Å². The molecule has 204 valence electrons. The second-order valence-electron chi connectivity index (χ2n) is 11.3. The molecule has 8 nitrogen and oxygen atoms in total. The molecule has 1 aromatic carbocycles. The van der Waals surface area contributed by atoms with Gasteiger partial charge in [-0.3, -0.25) is 14.4 Å². The molecule has 1 N–H and O–H groups in total. The van der Waals surface area contributed by atoms with E-state index >= 15 is 0 Å². The van der Waals surface area contributed by atoms with Gasteiger partial charge in [-0.2, -0.15) is 0 Å². The van der Waals surface area contributed by atoms with Crippen LogP contribution in [0.1, 0.15) is 44.7 Å². The minimum absolute atomic E-state index is 0.0796. The second kappa shape index (κ2) is 9.65. The number of hydrogen-bond acceptors (Lipinski definition) is 6. The van der Waals surface area contributed by atoms with Crippen molar-refractivity contribution in [2.75, 3.05) is 24.7 Å². The highest BCUT2D eigenvalue weighted by Crippen LogP contribution is 2.58. The number of hydrogen-bond donors (Lipinski definition) is 1. The highest BCUT2D eigenvalue weighted by molar-refractivity contribution is 6.06. The molecule has 4 heterocycles. The molecule has 1 aromatic rings. The van der Waals surface area contributed by atoms with Crippen LogP contribution in [0.3, 0.4) is 0 Å². The highest BCUT2D eigenvalue weighted by atomic mass is 16.6. The molecule has 2 saturated heterocycles. The van der Waals surface area contributed by atoms with Crippen molar-refractivity contribution in [3.8, 4) is 0 Å². The first-order valence-electron chi connectivity index (χ1n) is 13.6. The maximum Gasteiger partial charge on any atom is 0.313 e. The number of carbonyl (C=O) groups is 3. The largest absolute Gasteiger partial charge is 0.465 e. The maximum absolute atomic E-state index is 14.7. The van der Waals surface area contributed by atoms with Crippen molar-refractivity contribution < 1.29 is 29.0 Å². The number of cyclic esters (lactones) is 1. The van der Waals surface area contributed by atoms with Crippen LogP contribution in [-0.4, -0.2) is 70.8 Å². The third-order valence-corrected chi connectivity index (χ3v) is 9.01. The van der Waals surface area contributed by atoms with Crippen LogP contribution in [0.5, 0.6) is 0 Å². The Morgan fingerprint density at radius 3 is 2.45 bits per heavy atom. The van der Waals surface area contributed by atoms with Crippen LogP contribution in [0, 0.1) is 31.6 Å². The van der Waals surface area contributed by atoms with E-state index in [0.717, 1.165) is 16.8 Å². The maximum atomic E-state index is 14.7. The Kier molecular flexibility index (Phi) is 6.76. The lowest BCUT2D eigenvalue weighted by Crippen LogP contribution is -2.60. The van der Waals surface area contributed by atoms with Crippen LogP contribution in [0.15, 0.2) is 42.5 Å². The molecular formula is C30H38N2O6. The molecule has 8 heteroatoms. The number of carbonyl (C=O) groups excluding carboxylic acids is 3. The molecule has 4 aliphatic rings. The number of anilines is 1. The Labute approximate surface area is 224 Å². The van der Waals surface area contributed by atoms with Crippen molar-refractivity contribution in [2.24, 2.45) is 17.8 Å². The third-order valence-electron chi connectivity index (χ3n) is 9.01. The Hall–Kier alpha value is -2.97. The molecule has 5 rings (SSSR count). The van der Waals surface area contributed by atoms with E-state index in [0.29, 0.717) is 19.4 Å². The number of aryl methyl sites for hydroxylation is 2. The number of fused-ring (bicyclic) bond motifs is 2. The molecule has 2 fully saturated rings. The van der Waals surface area contributed by atoms with Crippen molar-refractivity contribution >= 4 is 23.5 Å². The fourth-order valence-electron chi connectivity index (χ4n) is 7.03. The van der Waals surface area contributed by atoms with Gasteiger partial charge in [0, 0.05) is 12.2 Å². The number of nitrogens with zero attached hydrogens (tertiary/aromatic N) is 2. The van der Waals surface area contributed by atoms with Gasteiger partial charge in [-0.15, -0.1) is 0 Å². The Morgan fingerprint density at radius 2 is 1.79 bits per heavy atom. The molecule has 38 heavy (non-hydrogen) atoms. The van der Waals surface area contributed by atoms with Gasteiger partial charge in [0.2, 0.25) is 5.91 Å². The molecule has 1 unspecified atom stereocenters. The third kappa shape index (κ3) is 3.75. The summed E-state index contributed by atoms with van der Waals surface area (Å²) in [6.45, 7) is 9.91. The van der Waals surface area contributed by atoms with Crippen LogP contribution in [0.4, 0.5) is 5.69 Å². The number of amides is 2.